The van der Waals surface area contributed by atoms with E-state index in [0.717, 1.165) is 16.7 Å². The molecule has 32 heavy (non-hydrogen) atoms. The number of thioether (sulfide) groups is 1. The first-order valence-corrected chi connectivity index (χ1v) is 11.8. The van der Waals surface area contributed by atoms with E-state index in [9.17, 15) is 14.4 Å². The molecule has 0 radical (unpaired) electrons. The molecule has 0 bridgehead atoms. The van der Waals surface area contributed by atoms with Crippen LogP contribution in [0.15, 0.2) is 63.9 Å². The Morgan fingerprint density at radius 1 is 1.09 bits per heavy atom. The average Bonchev–Trinajstić information content (AvgIpc) is 3.20. The summed E-state index contributed by atoms with van der Waals surface area (Å²) < 4.78 is 2.08. The van der Waals surface area contributed by atoms with Crippen molar-refractivity contribution in [3.05, 3.63) is 75.4 Å². The molecule has 4 aromatic rings. The number of nitrogens with zero attached hydrogens (tertiary/aromatic N) is 2. The lowest BCUT2D eigenvalue weighted by Crippen LogP contribution is -2.20. The van der Waals surface area contributed by atoms with Gasteiger partial charge in [0.15, 0.2) is 10.9 Å². The molecular weight excluding hydrogens is 442 g/mol. The number of aryl methyl sites for hydroxylation is 1. The molecule has 0 fully saturated rings. The molecule has 2 heterocycles. The SMILES string of the molecule is CC(=O)c1ccc(NC(=O)CSc2nc3c(-c4ccc(C)cc4)csc3c(=O)n2C)cc1. The van der Waals surface area contributed by atoms with Crippen molar-refractivity contribution in [2.24, 2.45) is 7.05 Å². The number of fused-ring (bicyclic) bond motifs is 1. The van der Waals surface area contributed by atoms with Crippen LogP contribution >= 0.6 is 23.1 Å². The molecule has 0 unspecified atom stereocenters. The Kier molecular flexibility index (Phi) is 6.25. The molecule has 1 N–H and O–H groups in total. The van der Waals surface area contributed by atoms with Crippen LogP contribution < -0.4 is 10.9 Å². The zero-order chi connectivity index (χ0) is 22.8. The molecule has 0 atom stereocenters. The molecule has 162 valence electrons. The second-order valence-electron chi connectivity index (χ2n) is 7.42. The minimum Gasteiger partial charge on any atom is -0.325 e. The zero-order valence-electron chi connectivity index (χ0n) is 17.8. The molecule has 0 saturated carbocycles. The fraction of sp³-hybridized carbons (Fsp3) is 0.167. The number of hydrogen-bond acceptors (Lipinski definition) is 6. The van der Waals surface area contributed by atoms with E-state index < -0.39 is 0 Å². The van der Waals surface area contributed by atoms with Crippen LogP contribution in [-0.2, 0) is 11.8 Å². The Balaban J connectivity index is 1.54. The van der Waals surface area contributed by atoms with Crippen molar-refractivity contribution in [3.63, 3.8) is 0 Å². The lowest BCUT2D eigenvalue weighted by atomic mass is 10.1. The van der Waals surface area contributed by atoms with Crippen LogP contribution in [0.1, 0.15) is 22.8 Å². The highest BCUT2D eigenvalue weighted by Crippen LogP contribution is 2.32. The van der Waals surface area contributed by atoms with Gasteiger partial charge < -0.3 is 5.32 Å². The molecule has 0 aliphatic heterocycles. The van der Waals surface area contributed by atoms with Crippen LogP contribution in [0.4, 0.5) is 5.69 Å². The number of rotatable bonds is 6. The Morgan fingerprint density at radius 2 is 1.78 bits per heavy atom. The highest BCUT2D eigenvalue weighted by molar-refractivity contribution is 7.99. The van der Waals surface area contributed by atoms with Crippen LogP contribution in [0.3, 0.4) is 0 Å². The summed E-state index contributed by atoms with van der Waals surface area (Å²) in [6, 6.07) is 14.8. The van der Waals surface area contributed by atoms with Gasteiger partial charge in [0.25, 0.3) is 5.56 Å². The first kappa shape index (κ1) is 22.0. The number of nitrogens with one attached hydrogen (secondary N) is 1. The van der Waals surface area contributed by atoms with Gasteiger partial charge in [0.05, 0.1) is 11.3 Å². The molecule has 1 amide bonds. The Hall–Kier alpha value is -3.23. The number of hydrogen-bond donors (Lipinski definition) is 1. The van der Waals surface area contributed by atoms with Crippen molar-refractivity contribution in [3.8, 4) is 11.1 Å². The summed E-state index contributed by atoms with van der Waals surface area (Å²) in [4.78, 5) is 41.4. The largest absolute Gasteiger partial charge is 0.325 e. The quantitative estimate of drug-likeness (QED) is 0.250. The van der Waals surface area contributed by atoms with E-state index in [0.29, 0.717) is 26.6 Å². The number of ketones is 1. The van der Waals surface area contributed by atoms with E-state index in [-0.39, 0.29) is 23.0 Å². The van der Waals surface area contributed by atoms with Gasteiger partial charge in [-0.3, -0.25) is 19.0 Å². The number of Topliss-reactive ketones (excluding diaryl/α,β-unsaturated/α-hetero) is 1. The fourth-order valence-electron chi connectivity index (χ4n) is 3.21. The maximum Gasteiger partial charge on any atom is 0.271 e. The molecule has 4 rings (SSSR count). The van der Waals surface area contributed by atoms with Gasteiger partial charge in [0.2, 0.25) is 5.91 Å². The maximum absolute atomic E-state index is 12.9. The van der Waals surface area contributed by atoms with E-state index in [2.05, 4.69) is 5.32 Å². The Labute approximate surface area is 193 Å². The van der Waals surface area contributed by atoms with Crippen LogP contribution in [0.5, 0.6) is 0 Å². The summed E-state index contributed by atoms with van der Waals surface area (Å²) in [6.07, 6.45) is 0. The van der Waals surface area contributed by atoms with Gasteiger partial charge in [-0.15, -0.1) is 11.3 Å². The number of benzene rings is 2. The van der Waals surface area contributed by atoms with E-state index in [1.807, 2.05) is 36.6 Å². The Bertz CT molecular complexity index is 1370. The van der Waals surface area contributed by atoms with Crippen LogP contribution in [-0.4, -0.2) is 27.0 Å². The minimum absolute atomic E-state index is 0.0285. The zero-order valence-corrected chi connectivity index (χ0v) is 19.5. The standard InChI is InChI=1S/C24H21N3O3S2/c1-14-4-6-17(7-5-14)19-12-31-22-21(19)26-24(27(3)23(22)30)32-13-20(29)25-18-10-8-16(9-11-18)15(2)28/h4-12H,13H2,1-3H3,(H,25,29). The molecular formula is C24H21N3O3S2. The summed E-state index contributed by atoms with van der Waals surface area (Å²) in [5.41, 5.74) is 4.81. The highest BCUT2D eigenvalue weighted by Gasteiger charge is 2.16. The molecule has 0 spiro atoms. The number of carbonyl (C=O) groups excluding carboxylic acids is 2. The summed E-state index contributed by atoms with van der Waals surface area (Å²) in [6.45, 7) is 3.52. The maximum atomic E-state index is 12.9. The summed E-state index contributed by atoms with van der Waals surface area (Å²) in [5.74, 6) is -0.146. The molecule has 2 aromatic carbocycles. The lowest BCUT2D eigenvalue weighted by molar-refractivity contribution is -0.113. The molecule has 0 saturated heterocycles. The van der Waals surface area contributed by atoms with Gasteiger partial charge in [-0.05, 0) is 43.7 Å². The fourth-order valence-corrected chi connectivity index (χ4v) is 4.96. The predicted molar refractivity (Wildman–Crippen MR) is 131 cm³/mol. The number of anilines is 1. The van der Waals surface area contributed by atoms with Gasteiger partial charge >= 0.3 is 0 Å². The monoisotopic (exact) mass is 463 g/mol. The van der Waals surface area contributed by atoms with Crippen molar-refractivity contribution in [1.29, 1.82) is 0 Å². The summed E-state index contributed by atoms with van der Waals surface area (Å²) in [7, 11) is 1.67. The minimum atomic E-state index is -0.219. The van der Waals surface area contributed by atoms with Crippen molar-refractivity contribution >= 4 is 50.7 Å². The van der Waals surface area contributed by atoms with Crippen molar-refractivity contribution in [1.82, 2.24) is 9.55 Å². The predicted octanol–water partition coefficient (Wildman–Crippen LogP) is 4.90. The van der Waals surface area contributed by atoms with Gasteiger partial charge in [-0.2, -0.15) is 0 Å². The molecule has 2 aromatic heterocycles. The topological polar surface area (TPSA) is 81.1 Å². The van der Waals surface area contributed by atoms with Crippen molar-refractivity contribution in [2.75, 3.05) is 11.1 Å². The van der Waals surface area contributed by atoms with Gasteiger partial charge in [0, 0.05) is 29.2 Å². The number of carbonyl (C=O) groups is 2. The number of thiophene rings is 1. The third-order valence-electron chi connectivity index (χ3n) is 5.03. The van der Waals surface area contributed by atoms with Crippen LogP contribution in [0.2, 0.25) is 0 Å². The van der Waals surface area contributed by atoms with Crippen molar-refractivity contribution in [2.45, 2.75) is 19.0 Å². The lowest BCUT2D eigenvalue weighted by Gasteiger charge is -2.09. The second kappa shape index (κ2) is 9.10. The van der Waals surface area contributed by atoms with Crippen LogP contribution in [0, 0.1) is 6.92 Å². The van der Waals surface area contributed by atoms with Crippen LogP contribution in [0.25, 0.3) is 21.3 Å². The Morgan fingerprint density at radius 3 is 2.44 bits per heavy atom. The average molecular weight is 464 g/mol. The smallest absolute Gasteiger partial charge is 0.271 e. The first-order chi connectivity index (χ1) is 15.3. The molecule has 8 heteroatoms. The van der Waals surface area contributed by atoms with E-state index in [1.165, 1.54) is 34.6 Å². The molecule has 6 nitrogen and oxygen atoms in total. The van der Waals surface area contributed by atoms with Gasteiger partial charge in [-0.1, -0.05) is 41.6 Å². The summed E-state index contributed by atoms with van der Waals surface area (Å²) in [5, 5.41) is 5.24. The second-order valence-corrected chi connectivity index (χ2v) is 9.24. The third kappa shape index (κ3) is 4.51. The van der Waals surface area contributed by atoms with E-state index in [1.54, 1.807) is 31.3 Å². The van der Waals surface area contributed by atoms with E-state index >= 15 is 0 Å². The van der Waals surface area contributed by atoms with Crippen molar-refractivity contribution < 1.29 is 9.59 Å². The van der Waals surface area contributed by atoms with E-state index in [4.69, 9.17) is 4.98 Å². The normalized spacial score (nSPS) is 11.0. The third-order valence-corrected chi connectivity index (χ3v) is 7.02. The molecule has 0 aliphatic rings. The van der Waals surface area contributed by atoms with Gasteiger partial charge in [-0.25, -0.2) is 4.98 Å². The highest BCUT2D eigenvalue weighted by atomic mass is 32.2. The van der Waals surface area contributed by atoms with Gasteiger partial charge in [0.1, 0.15) is 4.70 Å². The number of aromatic nitrogens is 2. The summed E-state index contributed by atoms with van der Waals surface area (Å²) >= 11 is 2.59. The number of amides is 1. The first-order valence-electron chi connectivity index (χ1n) is 9.92. The molecule has 0 aliphatic carbocycles.